The zero-order valence-corrected chi connectivity index (χ0v) is 11.0. The molecule has 3 N–H and O–H groups in total. The lowest BCUT2D eigenvalue weighted by Crippen LogP contribution is -2.39. The van der Waals surface area contributed by atoms with Crippen molar-refractivity contribution in [2.45, 2.75) is 32.2 Å². The molecule has 110 valence electrons. The molecule has 1 aromatic rings. The molecule has 0 radical (unpaired) electrons. The number of carbonyl (C=O) groups is 2. The summed E-state index contributed by atoms with van der Waals surface area (Å²) in [4.78, 5) is 26.2. The highest BCUT2D eigenvalue weighted by Gasteiger charge is 2.25. The van der Waals surface area contributed by atoms with Gasteiger partial charge in [-0.1, -0.05) is 5.16 Å². The number of hydrogen-bond donors (Lipinski definition) is 3. The number of aromatic nitrogens is 2. The van der Waals surface area contributed by atoms with Gasteiger partial charge in [0.2, 0.25) is 6.39 Å². The van der Waals surface area contributed by atoms with Gasteiger partial charge in [0.05, 0.1) is 12.5 Å². The Hall–Kier alpha value is -2.12. The summed E-state index contributed by atoms with van der Waals surface area (Å²) in [5.41, 5.74) is 0. The predicted molar refractivity (Wildman–Crippen MR) is 67.6 cm³/mol. The Balaban J connectivity index is 1.61. The number of amides is 2. The Labute approximate surface area is 115 Å². The molecule has 0 saturated heterocycles. The summed E-state index contributed by atoms with van der Waals surface area (Å²) >= 11 is 0. The number of rotatable bonds is 5. The normalized spacial score (nSPS) is 22.2. The van der Waals surface area contributed by atoms with Crippen molar-refractivity contribution >= 4 is 12.0 Å². The van der Waals surface area contributed by atoms with Crippen molar-refractivity contribution in [2.24, 2.45) is 11.8 Å². The van der Waals surface area contributed by atoms with Gasteiger partial charge in [-0.3, -0.25) is 4.79 Å². The summed E-state index contributed by atoms with van der Waals surface area (Å²) in [6.45, 7) is 0.776. The molecule has 1 aliphatic carbocycles. The Kier molecular flexibility index (Phi) is 4.91. The summed E-state index contributed by atoms with van der Waals surface area (Å²) in [5, 5.41) is 17.9. The number of carboxylic acid groups (broad SMARTS) is 1. The second kappa shape index (κ2) is 6.88. The van der Waals surface area contributed by atoms with Gasteiger partial charge in [-0.25, -0.2) is 4.79 Å². The Morgan fingerprint density at radius 3 is 2.65 bits per heavy atom. The molecule has 2 rings (SSSR count). The van der Waals surface area contributed by atoms with Crippen LogP contribution in [0.3, 0.4) is 0 Å². The van der Waals surface area contributed by atoms with Crippen LogP contribution in [0.25, 0.3) is 0 Å². The maximum Gasteiger partial charge on any atom is 0.315 e. The first-order valence-corrected chi connectivity index (χ1v) is 6.65. The second-order valence-electron chi connectivity index (χ2n) is 4.97. The third-order valence-electron chi connectivity index (χ3n) is 3.56. The maximum absolute atomic E-state index is 11.6. The molecule has 8 heteroatoms. The molecular formula is C12H18N4O4. The number of nitrogens with one attached hydrogen (secondary N) is 2. The maximum atomic E-state index is 11.6. The van der Waals surface area contributed by atoms with Crippen molar-refractivity contribution in [1.82, 2.24) is 20.8 Å². The Bertz CT molecular complexity index is 440. The highest BCUT2D eigenvalue weighted by Crippen LogP contribution is 2.28. The van der Waals surface area contributed by atoms with Gasteiger partial charge in [0.15, 0.2) is 5.82 Å². The average molecular weight is 282 g/mol. The smallest absolute Gasteiger partial charge is 0.315 e. The van der Waals surface area contributed by atoms with E-state index in [9.17, 15) is 9.59 Å². The van der Waals surface area contributed by atoms with E-state index in [2.05, 4.69) is 25.3 Å². The summed E-state index contributed by atoms with van der Waals surface area (Å²) in [5.74, 6) is -0.170. The summed E-state index contributed by atoms with van der Waals surface area (Å²) in [7, 11) is 0. The van der Waals surface area contributed by atoms with Crippen molar-refractivity contribution in [3.63, 3.8) is 0 Å². The number of carbonyl (C=O) groups excluding carboxylic acids is 1. The van der Waals surface area contributed by atoms with Gasteiger partial charge in [-0.15, -0.1) is 0 Å². The highest BCUT2D eigenvalue weighted by atomic mass is 16.5. The van der Waals surface area contributed by atoms with Crippen LogP contribution in [0.5, 0.6) is 0 Å². The molecular weight excluding hydrogens is 264 g/mol. The minimum absolute atomic E-state index is 0.216. The summed E-state index contributed by atoms with van der Waals surface area (Å²) in [6, 6.07) is -0.282. The van der Waals surface area contributed by atoms with E-state index in [0.29, 0.717) is 31.1 Å². The van der Waals surface area contributed by atoms with Crippen LogP contribution in [-0.2, 0) is 11.3 Å². The van der Waals surface area contributed by atoms with Crippen LogP contribution in [-0.4, -0.2) is 33.8 Å². The van der Waals surface area contributed by atoms with Crippen LogP contribution in [0.4, 0.5) is 4.79 Å². The van der Waals surface area contributed by atoms with Crippen molar-refractivity contribution < 1.29 is 19.2 Å². The zero-order chi connectivity index (χ0) is 14.4. The minimum Gasteiger partial charge on any atom is -0.481 e. The molecule has 0 atom stereocenters. The first-order chi connectivity index (χ1) is 9.65. The highest BCUT2D eigenvalue weighted by molar-refractivity contribution is 5.73. The number of hydrogen-bond acceptors (Lipinski definition) is 5. The van der Waals surface area contributed by atoms with E-state index in [4.69, 9.17) is 5.11 Å². The van der Waals surface area contributed by atoms with Gasteiger partial charge >= 0.3 is 12.0 Å². The standard InChI is InChI=1S/C12H18N4O4/c17-11(18)9-3-1-8(2-4-9)5-13-12(19)14-6-10-15-7-20-16-10/h7-9H,1-6H2,(H,17,18)(H2,13,14,19). The molecule has 8 nitrogen and oxygen atoms in total. The van der Waals surface area contributed by atoms with Gasteiger partial charge in [0.25, 0.3) is 0 Å². The van der Waals surface area contributed by atoms with Gasteiger partial charge in [0.1, 0.15) is 0 Å². The molecule has 0 unspecified atom stereocenters. The molecule has 0 aromatic carbocycles. The van der Waals surface area contributed by atoms with Crippen LogP contribution in [0.1, 0.15) is 31.5 Å². The van der Waals surface area contributed by atoms with Crippen molar-refractivity contribution in [3.8, 4) is 0 Å². The van der Waals surface area contributed by atoms with Crippen LogP contribution >= 0.6 is 0 Å². The number of urea groups is 1. The largest absolute Gasteiger partial charge is 0.481 e. The van der Waals surface area contributed by atoms with Crippen LogP contribution in [0, 0.1) is 11.8 Å². The number of nitrogens with zero attached hydrogens (tertiary/aromatic N) is 2. The fourth-order valence-corrected chi connectivity index (χ4v) is 2.34. The molecule has 1 aliphatic rings. The van der Waals surface area contributed by atoms with E-state index >= 15 is 0 Å². The Morgan fingerprint density at radius 1 is 1.30 bits per heavy atom. The molecule has 0 aliphatic heterocycles. The molecule has 1 heterocycles. The third kappa shape index (κ3) is 4.22. The Morgan fingerprint density at radius 2 is 2.05 bits per heavy atom. The fraction of sp³-hybridized carbons (Fsp3) is 0.667. The first-order valence-electron chi connectivity index (χ1n) is 6.65. The van der Waals surface area contributed by atoms with Crippen molar-refractivity contribution in [1.29, 1.82) is 0 Å². The van der Waals surface area contributed by atoms with Gasteiger partial charge in [0, 0.05) is 6.54 Å². The number of aliphatic carboxylic acids is 1. The zero-order valence-electron chi connectivity index (χ0n) is 11.0. The lowest BCUT2D eigenvalue weighted by molar-refractivity contribution is -0.143. The third-order valence-corrected chi connectivity index (χ3v) is 3.56. The molecule has 1 saturated carbocycles. The lowest BCUT2D eigenvalue weighted by atomic mass is 9.82. The number of carboxylic acids is 1. The van der Waals surface area contributed by atoms with E-state index in [1.165, 1.54) is 6.39 Å². The summed E-state index contributed by atoms with van der Waals surface area (Å²) < 4.78 is 4.55. The molecule has 0 bridgehead atoms. The predicted octanol–water partition coefficient (Wildman–Crippen LogP) is 0.760. The van der Waals surface area contributed by atoms with E-state index in [1.807, 2.05) is 0 Å². The summed E-state index contributed by atoms with van der Waals surface area (Å²) in [6.07, 6.45) is 4.25. The minimum atomic E-state index is -0.714. The molecule has 20 heavy (non-hydrogen) atoms. The second-order valence-corrected chi connectivity index (χ2v) is 4.97. The van der Waals surface area contributed by atoms with Crippen LogP contribution < -0.4 is 10.6 Å². The molecule has 1 aromatic heterocycles. The first kappa shape index (κ1) is 14.3. The van der Waals surface area contributed by atoms with E-state index < -0.39 is 5.97 Å². The van der Waals surface area contributed by atoms with Gasteiger partial charge < -0.3 is 20.3 Å². The molecule has 1 fully saturated rings. The van der Waals surface area contributed by atoms with Crippen LogP contribution in [0.2, 0.25) is 0 Å². The SMILES string of the molecule is O=C(NCc1ncon1)NCC1CCC(C(=O)O)CC1. The van der Waals surface area contributed by atoms with E-state index in [0.717, 1.165) is 12.8 Å². The topological polar surface area (TPSA) is 117 Å². The molecule has 2 amide bonds. The quantitative estimate of drug-likeness (QED) is 0.734. The fourth-order valence-electron chi connectivity index (χ4n) is 2.34. The van der Waals surface area contributed by atoms with E-state index in [1.54, 1.807) is 0 Å². The van der Waals surface area contributed by atoms with Gasteiger partial charge in [-0.2, -0.15) is 4.98 Å². The monoisotopic (exact) mass is 282 g/mol. The van der Waals surface area contributed by atoms with Crippen molar-refractivity contribution in [2.75, 3.05) is 6.54 Å². The molecule has 0 spiro atoms. The van der Waals surface area contributed by atoms with Crippen molar-refractivity contribution in [3.05, 3.63) is 12.2 Å². The lowest BCUT2D eigenvalue weighted by Gasteiger charge is -2.26. The van der Waals surface area contributed by atoms with Gasteiger partial charge in [-0.05, 0) is 31.6 Å². The van der Waals surface area contributed by atoms with E-state index in [-0.39, 0.29) is 18.5 Å². The average Bonchev–Trinajstić information content (AvgIpc) is 2.96. The van der Waals surface area contributed by atoms with Crippen LogP contribution in [0.15, 0.2) is 10.9 Å².